The number of amides is 2. The number of pyridine rings is 1. The monoisotopic (exact) mass is 311 g/mol. The largest absolute Gasteiger partial charge is 0.481 e. The smallest absolute Gasteiger partial charge is 0.272 e. The summed E-state index contributed by atoms with van der Waals surface area (Å²) < 4.78 is 4.96. The highest BCUT2D eigenvalue weighted by atomic mass is 16.5. The van der Waals surface area contributed by atoms with Crippen molar-refractivity contribution in [2.24, 2.45) is 0 Å². The highest BCUT2D eigenvalue weighted by Crippen LogP contribution is 2.12. The third-order valence-corrected chi connectivity index (χ3v) is 2.87. The summed E-state index contributed by atoms with van der Waals surface area (Å²) in [6.45, 7) is 1.35. The van der Waals surface area contributed by atoms with Crippen molar-refractivity contribution in [3.05, 3.63) is 59.9 Å². The minimum Gasteiger partial charge on any atom is -0.481 e. The molecule has 2 rings (SSSR count). The van der Waals surface area contributed by atoms with Crippen LogP contribution in [0.5, 0.6) is 5.88 Å². The summed E-state index contributed by atoms with van der Waals surface area (Å²) in [6, 6.07) is 12.5. The van der Waals surface area contributed by atoms with Gasteiger partial charge in [-0.25, -0.2) is 4.98 Å². The van der Waals surface area contributed by atoms with Crippen LogP contribution in [0.1, 0.15) is 12.5 Å². The van der Waals surface area contributed by atoms with Gasteiger partial charge in [0.25, 0.3) is 5.91 Å². The molecule has 0 aliphatic rings. The molecule has 6 nitrogen and oxygen atoms in total. The Morgan fingerprint density at radius 1 is 1.13 bits per heavy atom. The van der Waals surface area contributed by atoms with Gasteiger partial charge in [-0.1, -0.05) is 30.3 Å². The van der Waals surface area contributed by atoms with Crippen molar-refractivity contribution in [3.8, 4) is 5.88 Å². The van der Waals surface area contributed by atoms with Crippen LogP contribution >= 0.6 is 0 Å². The molecule has 23 heavy (non-hydrogen) atoms. The van der Waals surface area contributed by atoms with Gasteiger partial charge in [0.15, 0.2) is 0 Å². The predicted octanol–water partition coefficient (Wildman–Crippen LogP) is 2.21. The van der Waals surface area contributed by atoms with E-state index in [1.807, 2.05) is 30.3 Å². The van der Waals surface area contributed by atoms with E-state index in [9.17, 15) is 9.59 Å². The zero-order chi connectivity index (χ0) is 16.7. The molecule has 2 amide bonds. The summed E-state index contributed by atoms with van der Waals surface area (Å²) in [4.78, 5) is 27.7. The summed E-state index contributed by atoms with van der Waals surface area (Å²) in [5.41, 5.74) is 1.46. The number of hydrogen-bond donors (Lipinski definition) is 2. The fourth-order valence-corrected chi connectivity index (χ4v) is 1.84. The van der Waals surface area contributed by atoms with E-state index in [0.717, 1.165) is 5.56 Å². The van der Waals surface area contributed by atoms with Gasteiger partial charge in [-0.2, -0.15) is 0 Å². The Labute approximate surface area is 134 Å². The fraction of sp³-hybridized carbons (Fsp3) is 0.118. The molecule has 2 aromatic rings. The van der Waals surface area contributed by atoms with Crippen molar-refractivity contribution in [1.29, 1.82) is 0 Å². The number of ether oxygens (including phenoxy) is 1. The number of methoxy groups -OCH3 is 1. The van der Waals surface area contributed by atoms with Crippen molar-refractivity contribution < 1.29 is 14.3 Å². The number of carbonyl (C=O) groups is 2. The van der Waals surface area contributed by atoms with E-state index in [2.05, 4.69) is 15.6 Å². The molecule has 2 N–H and O–H groups in total. The number of carbonyl (C=O) groups excluding carboxylic acids is 2. The number of hydrogen-bond acceptors (Lipinski definition) is 4. The second-order valence-corrected chi connectivity index (χ2v) is 4.69. The third kappa shape index (κ3) is 4.96. The van der Waals surface area contributed by atoms with Gasteiger partial charge in [-0.05, 0) is 17.7 Å². The Bertz CT molecular complexity index is 710. The minimum atomic E-state index is -0.434. The van der Waals surface area contributed by atoms with Crippen LogP contribution in [0.4, 0.5) is 5.69 Å². The Morgan fingerprint density at radius 2 is 1.87 bits per heavy atom. The molecule has 0 aliphatic heterocycles. The van der Waals surface area contributed by atoms with Crippen LogP contribution in [0.15, 0.2) is 54.4 Å². The molecule has 0 radical (unpaired) electrons. The number of nitrogens with one attached hydrogen (secondary N) is 2. The zero-order valence-corrected chi connectivity index (χ0v) is 12.9. The molecule has 1 aromatic carbocycles. The lowest BCUT2D eigenvalue weighted by atomic mass is 10.2. The van der Waals surface area contributed by atoms with Gasteiger partial charge >= 0.3 is 0 Å². The van der Waals surface area contributed by atoms with Crippen LogP contribution in [0, 0.1) is 0 Å². The van der Waals surface area contributed by atoms with Gasteiger partial charge in [-0.3, -0.25) is 9.59 Å². The average Bonchev–Trinajstić information content (AvgIpc) is 2.55. The second kappa shape index (κ2) is 7.74. The molecule has 0 saturated carbocycles. The SMILES string of the molecule is COc1ccc(NC(=O)/C(=C/c2ccccc2)NC(C)=O)cn1. The van der Waals surface area contributed by atoms with Crippen LogP contribution < -0.4 is 15.4 Å². The minimum absolute atomic E-state index is 0.152. The van der Waals surface area contributed by atoms with Gasteiger partial charge in [0.2, 0.25) is 11.8 Å². The summed E-state index contributed by atoms with van der Waals surface area (Å²) in [6.07, 6.45) is 3.08. The van der Waals surface area contributed by atoms with E-state index in [1.165, 1.54) is 20.2 Å². The summed E-state index contributed by atoms with van der Waals surface area (Å²) in [5, 5.41) is 5.21. The fourth-order valence-electron chi connectivity index (χ4n) is 1.84. The van der Waals surface area contributed by atoms with Crippen molar-refractivity contribution in [2.75, 3.05) is 12.4 Å². The standard InChI is InChI=1S/C17H17N3O3/c1-12(21)19-15(10-13-6-4-3-5-7-13)17(22)20-14-8-9-16(23-2)18-11-14/h3-11H,1-2H3,(H,19,21)(H,20,22)/b15-10-. The van der Waals surface area contributed by atoms with Gasteiger partial charge in [0.05, 0.1) is 19.0 Å². The number of benzene rings is 1. The highest BCUT2D eigenvalue weighted by Gasteiger charge is 2.12. The van der Waals surface area contributed by atoms with Crippen molar-refractivity contribution >= 4 is 23.6 Å². The molecule has 1 heterocycles. The lowest BCUT2D eigenvalue weighted by Crippen LogP contribution is -2.29. The van der Waals surface area contributed by atoms with Crippen LogP contribution in [0.3, 0.4) is 0 Å². The molecular formula is C17H17N3O3. The Morgan fingerprint density at radius 3 is 2.43 bits per heavy atom. The molecule has 0 aliphatic carbocycles. The van der Waals surface area contributed by atoms with E-state index in [4.69, 9.17) is 4.74 Å². The normalized spacial score (nSPS) is 10.8. The van der Waals surface area contributed by atoms with Crippen molar-refractivity contribution in [3.63, 3.8) is 0 Å². The van der Waals surface area contributed by atoms with E-state index < -0.39 is 5.91 Å². The highest BCUT2D eigenvalue weighted by molar-refractivity contribution is 6.08. The first-order valence-corrected chi connectivity index (χ1v) is 6.94. The maximum absolute atomic E-state index is 12.4. The van der Waals surface area contributed by atoms with Crippen LogP contribution in [-0.2, 0) is 9.59 Å². The molecule has 0 unspecified atom stereocenters. The number of aromatic nitrogens is 1. The van der Waals surface area contributed by atoms with E-state index in [1.54, 1.807) is 18.2 Å². The van der Waals surface area contributed by atoms with Crippen molar-refractivity contribution in [2.45, 2.75) is 6.92 Å². The Kier molecular flexibility index (Phi) is 5.46. The molecule has 6 heteroatoms. The topological polar surface area (TPSA) is 80.3 Å². The Hall–Kier alpha value is -3.15. The molecule has 0 atom stereocenters. The van der Waals surface area contributed by atoms with Crippen LogP contribution in [-0.4, -0.2) is 23.9 Å². The van der Waals surface area contributed by atoms with Gasteiger partial charge in [0.1, 0.15) is 5.70 Å². The molecule has 0 spiro atoms. The molecule has 118 valence electrons. The third-order valence-electron chi connectivity index (χ3n) is 2.87. The van der Waals surface area contributed by atoms with E-state index >= 15 is 0 Å². The van der Waals surface area contributed by atoms with Crippen LogP contribution in [0.25, 0.3) is 6.08 Å². The first-order valence-electron chi connectivity index (χ1n) is 6.94. The first-order chi connectivity index (χ1) is 11.1. The first kappa shape index (κ1) is 16.2. The summed E-state index contributed by atoms with van der Waals surface area (Å²) in [5.74, 6) is -0.309. The maximum Gasteiger partial charge on any atom is 0.272 e. The van der Waals surface area contributed by atoms with Gasteiger partial charge < -0.3 is 15.4 Å². The Balaban J connectivity index is 2.19. The van der Waals surface area contributed by atoms with Gasteiger partial charge in [0, 0.05) is 13.0 Å². The second-order valence-electron chi connectivity index (χ2n) is 4.69. The molecule has 1 aromatic heterocycles. The number of nitrogens with zero attached hydrogens (tertiary/aromatic N) is 1. The predicted molar refractivity (Wildman–Crippen MR) is 87.7 cm³/mol. The quantitative estimate of drug-likeness (QED) is 0.830. The molecule has 0 bridgehead atoms. The maximum atomic E-state index is 12.4. The molecule has 0 saturated heterocycles. The van der Waals surface area contributed by atoms with Crippen LogP contribution in [0.2, 0.25) is 0 Å². The lowest BCUT2D eigenvalue weighted by molar-refractivity contribution is -0.120. The van der Waals surface area contributed by atoms with E-state index in [0.29, 0.717) is 11.6 Å². The van der Waals surface area contributed by atoms with Gasteiger partial charge in [-0.15, -0.1) is 0 Å². The lowest BCUT2D eigenvalue weighted by Gasteiger charge is -2.10. The average molecular weight is 311 g/mol. The number of anilines is 1. The number of rotatable bonds is 5. The molecule has 0 fully saturated rings. The zero-order valence-electron chi connectivity index (χ0n) is 12.9. The van der Waals surface area contributed by atoms with E-state index in [-0.39, 0.29) is 11.6 Å². The van der Waals surface area contributed by atoms with Crippen molar-refractivity contribution in [1.82, 2.24) is 10.3 Å². The summed E-state index contributed by atoms with van der Waals surface area (Å²) >= 11 is 0. The molecular weight excluding hydrogens is 294 g/mol. The summed E-state index contributed by atoms with van der Waals surface area (Å²) in [7, 11) is 1.51.